The summed E-state index contributed by atoms with van der Waals surface area (Å²) < 4.78 is 7.24. The second-order valence-electron chi connectivity index (χ2n) is 8.24. The lowest BCUT2D eigenvalue weighted by Gasteiger charge is -2.36. The molecule has 0 atom stereocenters. The fraction of sp³-hybridized carbons (Fsp3) is 0.308. The van der Waals surface area contributed by atoms with Crippen molar-refractivity contribution in [3.05, 3.63) is 79.0 Å². The third-order valence-corrected chi connectivity index (χ3v) is 5.99. The van der Waals surface area contributed by atoms with E-state index in [0.717, 1.165) is 55.4 Å². The first-order valence-corrected chi connectivity index (χ1v) is 11.6. The topological polar surface area (TPSA) is 84.5 Å². The lowest BCUT2D eigenvalue weighted by Crippen LogP contribution is -2.48. The molecular weight excluding hydrogens is 426 g/mol. The molecule has 0 aliphatic carbocycles. The van der Waals surface area contributed by atoms with Crippen molar-refractivity contribution in [1.82, 2.24) is 19.5 Å². The monoisotopic (exact) mass is 459 g/mol. The van der Waals surface area contributed by atoms with E-state index in [2.05, 4.69) is 50.3 Å². The summed E-state index contributed by atoms with van der Waals surface area (Å²) in [4.78, 5) is 13.5. The number of nitrogens with two attached hydrogens (primary N) is 1. The van der Waals surface area contributed by atoms with Crippen LogP contribution in [0, 0.1) is 6.92 Å². The Labute approximate surface area is 201 Å². The summed E-state index contributed by atoms with van der Waals surface area (Å²) in [6.45, 7) is 7.98. The van der Waals surface area contributed by atoms with Crippen LogP contribution in [0.25, 0.3) is 11.3 Å². The van der Waals surface area contributed by atoms with Gasteiger partial charge < -0.3 is 15.4 Å². The van der Waals surface area contributed by atoms with Crippen LogP contribution < -0.4 is 20.8 Å². The van der Waals surface area contributed by atoms with Gasteiger partial charge in [-0.1, -0.05) is 0 Å². The van der Waals surface area contributed by atoms with Gasteiger partial charge in [-0.05, 0) is 55.0 Å². The van der Waals surface area contributed by atoms with Gasteiger partial charge in [0, 0.05) is 75.3 Å². The van der Waals surface area contributed by atoms with Gasteiger partial charge in [0.05, 0.1) is 24.7 Å². The number of hydrogen-bond acceptors (Lipinski definition) is 7. The quantitative estimate of drug-likeness (QED) is 0.561. The molecule has 3 aromatic rings. The van der Waals surface area contributed by atoms with Crippen LogP contribution in [0.3, 0.4) is 0 Å². The lowest BCUT2D eigenvalue weighted by atomic mass is 10.1. The zero-order chi connectivity index (χ0) is 23.8. The Balaban J connectivity index is 1.60. The predicted octanol–water partition coefficient (Wildman–Crippen LogP) is 3.34. The maximum Gasteiger partial charge on any atom is 0.118 e. The van der Waals surface area contributed by atoms with Gasteiger partial charge in [0.1, 0.15) is 5.75 Å². The maximum absolute atomic E-state index is 5.71. The van der Waals surface area contributed by atoms with Crippen molar-refractivity contribution >= 4 is 11.4 Å². The van der Waals surface area contributed by atoms with E-state index in [9.17, 15) is 0 Å². The second-order valence-corrected chi connectivity index (χ2v) is 8.24. The van der Waals surface area contributed by atoms with Crippen LogP contribution in [0.2, 0.25) is 0 Å². The number of nitrogens with zero attached hydrogens (tertiary/aromatic N) is 5. The highest BCUT2D eigenvalue weighted by Gasteiger charge is 2.18. The molecule has 8 heteroatoms. The first kappa shape index (κ1) is 23.5. The van der Waals surface area contributed by atoms with Crippen molar-refractivity contribution in [3.8, 4) is 17.0 Å². The number of piperazine rings is 1. The summed E-state index contributed by atoms with van der Waals surface area (Å²) in [5.41, 5.74) is 14.6. The molecule has 2 aromatic carbocycles. The highest BCUT2D eigenvalue weighted by atomic mass is 16.5. The second kappa shape index (κ2) is 11.5. The minimum atomic E-state index is 0.716. The minimum Gasteiger partial charge on any atom is -0.497 e. The maximum atomic E-state index is 5.71. The molecule has 0 saturated carbocycles. The molecule has 0 amide bonds. The molecule has 0 unspecified atom stereocenters. The number of aryl methyl sites for hydroxylation is 1. The molecule has 4 rings (SSSR count). The Kier molecular flexibility index (Phi) is 7.95. The van der Waals surface area contributed by atoms with Gasteiger partial charge in [-0.15, -0.1) is 0 Å². The van der Waals surface area contributed by atoms with Gasteiger partial charge in [0.25, 0.3) is 0 Å². The predicted molar refractivity (Wildman–Crippen MR) is 138 cm³/mol. The van der Waals surface area contributed by atoms with Gasteiger partial charge in [0.15, 0.2) is 0 Å². The number of ether oxygens (including phenoxy) is 1. The Morgan fingerprint density at radius 1 is 0.971 bits per heavy atom. The molecule has 0 radical (unpaired) electrons. The van der Waals surface area contributed by atoms with Gasteiger partial charge in [0.2, 0.25) is 0 Å². The summed E-state index contributed by atoms with van der Waals surface area (Å²) in [6.07, 6.45) is 8.78. The van der Waals surface area contributed by atoms with Crippen molar-refractivity contribution in [2.75, 3.05) is 56.7 Å². The molecule has 34 heavy (non-hydrogen) atoms. The molecule has 1 aromatic heterocycles. The third kappa shape index (κ3) is 5.84. The molecule has 2 heterocycles. The van der Waals surface area contributed by atoms with Gasteiger partial charge >= 0.3 is 0 Å². The fourth-order valence-electron chi connectivity index (χ4n) is 4.17. The van der Waals surface area contributed by atoms with Gasteiger partial charge in [-0.25, -0.2) is 0 Å². The molecule has 0 spiro atoms. The molecular formula is C26H33N7O. The number of aromatic nitrogens is 3. The number of anilines is 2. The summed E-state index contributed by atoms with van der Waals surface area (Å²) in [7, 11) is 1.67. The summed E-state index contributed by atoms with van der Waals surface area (Å²) in [5.74, 6) is 0.810. The zero-order valence-electron chi connectivity index (χ0n) is 19.9. The highest BCUT2D eigenvalue weighted by Crippen LogP contribution is 2.26. The normalized spacial score (nSPS) is 13.9. The number of benzene rings is 2. The van der Waals surface area contributed by atoms with Crippen LogP contribution in [0.5, 0.6) is 5.75 Å². The Morgan fingerprint density at radius 3 is 2.44 bits per heavy atom. The largest absolute Gasteiger partial charge is 0.497 e. The Morgan fingerprint density at radius 2 is 1.74 bits per heavy atom. The molecule has 3 N–H and O–H groups in total. The standard InChI is InChI=1S/C26H33N7O/c1-21-19-23(5-8-25(21)32-17-15-31(13-9-27)16-18-32)30-33-14-12-28-10-11-29-20-26(33)22-3-6-24(34-2)7-4-22/h3-8,10-12,14,19-20,30H,9,13,15-18,27H2,1-2H3. The van der Waals surface area contributed by atoms with E-state index in [-0.39, 0.29) is 0 Å². The van der Waals surface area contributed by atoms with E-state index in [1.807, 2.05) is 41.3 Å². The van der Waals surface area contributed by atoms with Crippen LogP contribution in [0.15, 0.2) is 73.4 Å². The van der Waals surface area contributed by atoms with Crippen LogP contribution >= 0.6 is 0 Å². The van der Waals surface area contributed by atoms with Crippen molar-refractivity contribution in [2.24, 2.45) is 5.73 Å². The van der Waals surface area contributed by atoms with Crippen LogP contribution in [-0.2, 0) is 0 Å². The van der Waals surface area contributed by atoms with E-state index in [0.29, 0.717) is 6.54 Å². The number of hydrogen-bond donors (Lipinski definition) is 2. The molecule has 1 aliphatic heterocycles. The molecule has 8 nitrogen and oxygen atoms in total. The summed E-state index contributed by atoms with van der Waals surface area (Å²) in [5, 5.41) is 0. The van der Waals surface area contributed by atoms with Crippen molar-refractivity contribution in [2.45, 2.75) is 6.92 Å². The first-order chi connectivity index (χ1) is 16.7. The first-order valence-electron chi connectivity index (χ1n) is 11.6. The van der Waals surface area contributed by atoms with Crippen molar-refractivity contribution in [3.63, 3.8) is 0 Å². The Bertz CT molecular complexity index is 1120. The van der Waals surface area contributed by atoms with E-state index >= 15 is 0 Å². The number of nitrogens with one attached hydrogen (secondary N) is 1. The van der Waals surface area contributed by atoms with E-state index in [1.54, 1.807) is 25.7 Å². The average Bonchev–Trinajstić information content (AvgIpc) is 2.97. The van der Waals surface area contributed by atoms with Crippen molar-refractivity contribution < 1.29 is 4.74 Å². The molecule has 178 valence electrons. The van der Waals surface area contributed by atoms with E-state index in [1.165, 1.54) is 11.3 Å². The van der Waals surface area contributed by atoms with E-state index < -0.39 is 0 Å². The minimum absolute atomic E-state index is 0.716. The SMILES string of the molecule is COc1ccc(-c2cnccnccn2Nc2ccc(N3CCN(CCN)CC3)c(C)c2)cc1. The summed E-state index contributed by atoms with van der Waals surface area (Å²) in [6, 6.07) is 14.4. The van der Waals surface area contributed by atoms with Crippen LogP contribution in [0.4, 0.5) is 11.4 Å². The third-order valence-electron chi connectivity index (χ3n) is 5.99. The van der Waals surface area contributed by atoms with Gasteiger partial charge in [-0.3, -0.25) is 25.0 Å². The number of methoxy groups -OCH3 is 1. The zero-order valence-corrected chi connectivity index (χ0v) is 19.9. The average molecular weight is 460 g/mol. The molecule has 0 bridgehead atoms. The van der Waals surface area contributed by atoms with Crippen molar-refractivity contribution in [1.29, 1.82) is 0 Å². The number of rotatable bonds is 7. The molecule has 1 aliphatic rings. The Hall–Kier alpha value is -3.62. The molecule has 1 saturated heterocycles. The molecule has 1 fully saturated rings. The van der Waals surface area contributed by atoms with Crippen LogP contribution in [-0.4, -0.2) is 65.9 Å². The summed E-state index contributed by atoms with van der Waals surface area (Å²) >= 11 is 0. The fourth-order valence-corrected chi connectivity index (χ4v) is 4.17. The van der Waals surface area contributed by atoms with E-state index in [4.69, 9.17) is 10.5 Å². The highest BCUT2D eigenvalue weighted by molar-refractivity contribution is 5.63. The van der Waals surface area contributed by atoms with Crippen LogP contribution in [0.1, 0.15) is 5.56 Å². The smallest absolute Gasteiger partial charge is 0.118 e. The lowest BCUT2D eigenvalue weighted by molar-refractivity contribution is 0.265. The van der Waals surface area contributed by atoms with Gasteiger partial charge in [-0.2, -0.15) is 0 Å².